The Kier molecular flexibility index (Phi) is 7.26. The van der Waals surface area contributed by atoms with Gasteiger partial charge in [0.25, 0.3) is 5.91 Å². The summed E-state index contributed by atoms with van der Waals surface area (Å²) in [6.07, 6.45) is 0.646. The molecule has 1 heterocycles. The van der Waals surface area contributed by atoms with Gasteiger partial charge in [0, 0.05) is 18.0 Å². The van der Waals surface area contributed by atoms with E-state index in [0.717, 1.165) is 16.7 Å². The highest BCUT2D eigenvalue weighted by molar-refractivity contribution is 5.96. The summed E-state index contributed by atoms with van der Waals surface area (Å²) in [5, 5.41) is 3.28. The van der Waals surface area contributed by atoms with E-state index in [-0.39, 0.29) is 23.5 Å². The zero-order chi connectivity index (χ0) is 24.8. The van der Waals surface area contributed by atoms with Gasteiger partial charge in [-0.25, -0.2) is 9.59 Å². The summed E-state index contributed by atoms with van der Waals surface area (Å²) in [7, 11) is 0. The van der Waals surface area contributed by atoms with Crippen LogP contribution < -0.4 is 20.4 Å². The quantitative estimate of drug-likeness (QED) is 0.233. The molecule has 0 atom stereocenters. The van der Waals surface area contributed by atoms with E-state index >= 15 is 0 Å². The number of amides is 1. The molecule has 0 radical (unpaired) electrons. The first-order chi connectivity index (χ1) is 16.9. The molecule has 1 amide bonds. The lowest BCUT2D eigenvalue weighted by Gasteiger charge is -2.11. The van der Waals surface area contributed by atoms with E-state index < -0.39 is 17.5 Å². The van der Waals surface area contributed by atoms with Gasteiger partial charge in [0.05, 0.1) is 0 Å². The van der Waals surface area contributed by atoms with Crippen molar-refractivity contribution < 1.29 is 23.5 Å². The van der Waals surface area contributed by atoms with E-state index in [4.69, 9.17) is 13.9 Å². The molecule has 7 heteroatoms. The average molecular weight is 472 g/mol. The highest BCUT2D eigenvalue weighted by Gasteiger charge is 2.15. The summed E-state index contributed by atoms with van der Waals surface area (Å²) >= 11 is 0. The SMILES string of the molecule is Cc1cccc(C)c1OCC(=O)Oc1ccc2cc(C(=O)NCCc3ccccc3)c(=O)oc2c1. The molecule has 4 rings (SSSR count). The highest BCUT2D eigenvalue weighted by atomic mass is 16.6. The standard InChI is InChI=1S/C28H25NO6/c1-18-7-6-8-19(2)26(18)33-17-25(30)34-22-12-11-21-15-23(28(32)35-24(21)16-22)27(31)29-14-13-20-9-4-3-5-10-20/h3-12,15-16H,13-14,17H2,1-2H3,(H,29,31). The van der Waals surface area contributed by atoms with Gasteiger partial charge < -0.3 is 19.2 Å². The number of para-hydroxylation sites is 1. The monoisotopic (exact) mass is 471 g/mol. The Labute approximate surface area is 202 Å². The second-order valence-corrected chi connectivity index (χ2v) is 8.12. The van der Waals surface area contributed by atoms with E-state index in [1.807, 2.05) is 62.4 Å². The van der Waals surface area contributed by atoms with Crippen LogP contribution in [0.25, 0.3) is 11.0 Å². The number of rotatable bonds is 8. The Morgan fingerprint density at radius 1 is 0.914 bits per heavy atom. The summed E-state index contributed by atoms with van der Waals surface area (Å²) in [5.41, 5.74) is 2.28. The first kappa shape index (κ1) is 23.8. The summed E-state index contributed by atoms with van der Waals surface area (Å²) in [6, 6.07) is 21.5. The molecule has 0 unspecified atom stereocenters. The number of benzene rings is 3. The van der Waals surface area contributed by atoms with Crippen LogP contribution in [0.15, 0.2) is 82.0 Å². The molecule has 0 aliphatic heterocycles. The van der Waals surface area contributed by atoms with E-state index in [9.17, 15) is 14.4 Å². The third kappa shape index (κ3) is 5.95. The molecule has 178 valence electrons. The molecule has 3 aromatic carbocycles. The number of hydrogen-bond acceptors (Lipinski definition) is 6. The Hall–Kier alpha value is -4.39. The van der Waals surface area contributed by atoms with Crippen LogP contribution in [0.4, 0.5) is 0 Å². The third-order valence-electron chi connectivity index (χ3n) is 5.47. The maximum atomic E-state index is 12.5. The minimum absolute atomic E-state index is 0.0858. The van der Waals surface area contributed by atoms with Gasteiger partial charge in [0.2, 0.25) is 0 Å². The molecule has 1 aromatic heterocycles. The van der Waals surface area contributed by atoms with Gasteiger partial charge in [-0.2, -0.15) is 0 Å². The second-order valence-electron chi connectivity index (χ2n) is 8.12. The maximum Gasteiger partial charge on any atom is 0.349 e. The minimum atomic E-state index is -0.767. The van der Waals surface area contributed by atoms with Crippen molar-refractivity contribution in [2.45, 2.75) is 20.3 Å². The lowest BCUT2D eigenvalue weighted by atomic mass is 10.1. The van der Waals surface area contributed by atoms with Crippen LogP contribution >= 0.6 is 0 Å². The van der Waals surface area contributed by atoms with Crippen molar-refractivity contribution in [2.24, 2.45) is 0 Å². The number of carbonyl (C=O) groups is 2. The van der Waals surface area contributed by atoms with E-state index in [1.165, 1.54) is 12.1 Å². The minimum Gasteiger partial charge on any atom is -0.481 e. The van der Waals surface area contributed by atoms with Crippen molar-refractivity contribution in [3.63, 3.8) is 0 Å². The molecule has 0 bridgehead atoms. The molecule has 35 heavy (non-hydrogen) atoms. The number of esters is 1. The van der Waals surface area contributed by atoms with E-state index in [0.29, 0.717) is 24.1 Å². The molecule has 0 fully saturated rings. The highest BCUT2D eigenvalue weighted by Crippen LogP contribution is 2.23. The van der Waals surface area contributed by atoms with Crippen molar-refractivity contribution in [3.05, 3.63) is 105 Å². The zero-order valence-electron chi connectivity index (χ0n) is 19.5. The Morgan fingerprint density at radius 3 is 2.40 bits per heavy atom. The molecule has 4 aromatic rings. The summed E-state index contributed by atoms with van der Waals surface area (Å²) in [4.78, 5) is 37.2. The fraction of sp³-hybridized carbons (Fsp3) is 0.179. The van der Waals surface area contributed by atoms with Crippen LogP contribution in [-0.4, -0.2) is 25.0 Å². The molecular formula is C28H25NO6. The second kappa shape index (κ2) is 10.7. The van der Waals surface area contributed by atoms with Crippen molar-refractivity contribution in [1.29, 1.82) is 0 Å². The first-order valence-corrected chi connectivity index (χ1v) is 11.2. The Morgan fingerprint density at radius 2 is 1.66 bits per heavy atom. The summed E-state index contributed by atoms with van der Waals surface area (Å²) in [6.45, 7) is 3.92. The molecule has 0 aliphatic rings. The number of carbonyl (C=O) groups excluding carboxylic acids is 2. The fourth-order valence-corrected chi connectivity index (χ4v) is 3.69. The molecule has 0 saturated heterocycles. The van der Waals surface area contributed by atoms with Gasteiger partial charge in [-0.1, -0.05) is 48.5 Å². The summed E-state index contributed by atoms with van der Waals surface area (Å²) in [5.74, 6) is -0.251. The van der Waals surface area contributed by atoms with E-state index in [1.54, 1.807) is 12.1 Å². The van der Waals surface area contributed by atoms with Crippen LogP contribution in [0.5, 0.6) is 11.5 Å². The molecular weight excluding hydrogens is 446 g/mol. The fourth-order valence-electron chi connectivity index (χ4n) is 3.69. The van der Waals surface area contributed by atoms with Crippen LogP contribution in [0.3, 0.4) is 0 Å². The van der Waals surface area contributed by atoms with Crippen molar-refractivity contribution in [3.8, 4) is 11.5 Å². The topological polar surface area (TPSA) is 94.8 Å². The largest absolute Gasteiger partial charge is 0.481 e. The lowest BCUT2D eigenvalue weighted by Crippen LogP contribution is -2.29. The van der Waals surface area contributed by atoms with Gasteiger partial charge in [-0.15, -0.1) is 0 Å². The molecule has 0 aliphatic carbocycles. The van der Waals surface area contributed by atoms with Crippen molar-refractivity contribution in [2.75, 3.05) is 13.2 Å². The van der Waals surface area contributed by atoms with Crippen LogP contribution in [0, 0.1) is 13.8 Å². The van der Waals surface area contributed by atoms with Crippen molar-refractivity contribution in [1.82, 2.24) is 5.32 Å². The predicted octanol–water partition coefficient (Wildman–Crippen LogP) is 4.37. The Bertz CT molecular complexity index is 1400. The number of ether oxygens (including phenoxy) is 2. The average Bonchev–Trinajstić information content (AvgIpc) is 2.84. The van der Waals surface area contributed by atoms with Gasteiger partial charge in [0.1, 0.15) is 22.6 Å². The molecule has 0 spiro atoms. The normalized spacial score (nSPS) is 10.7. The Balaban J connectivity index is 1.39. The zero-order valence-corrected chi connectivity index (χ0v) is 19.5. The first-order valence-electron chi connectivity index (χ1n) is 11.2. The molecule has 7 nitrogen and oxygen atoms in total. The summed E-state index contributed by atoms with van der Waals surface area (Å²) < 4.78 is 16.3. The van der Waals surface area contributed by atoms with E-state index in [2.05, 4.69) is 5.32 Å². The van der Waals surface area contributed by atoms with Crippen LogP contribution in [0.1, 0.15) is 27.0 Å². The smallest absolute Gasteiger partial charge is 0.349 e. The molecule has 1 N–H and O–H groups in total. The molecule has 0 saturated carbocycles. The number of aryl methyl sites for hydroxylation is 2. The van der Waals surface area contributed by atoms with Gasteiger partial charge in [-0.05, 0) is 55.2 Å². The van der Waals surface area contributed by atoms with Gasteiger partial charge in [0.15, 0.2) is 6.61 Å². The van der Waals surface area contributed by atoms with Crippen molar-refractivity contribution >= 4 is 22.8 Å². The maximum absolute atomic E-state index is 12.5. The van der Waals surface area contributed by atoms with Gasteiger partial charge >= 0.3 is 11.6 Å². The van der Waals surface area contributed by atoms with Gasteiger partial charge in [-0.3, -0.25) is 4.79 Å². The lowest BCUT2D eigenvalue weighted by molar-refractivity contribution is -0.136. The predicted molar refractivity (Wildman–Crippen MR) is 132 cm³/mol. The van der Waals surface area contributed by atoms with Crippen LogP contribution in [-0.2, 0) is 11.2 Å². The number of hydrogen-bond donors (Lipinski definition) is 1. The number of fused-ring (bicyclic) bond motifs is 1. The van der Waals surface area contributed by atoms with Crippen LogP contribution in [0.2, 0.25) is 0 Å². The number of nitrogens with one attached hydrogen (secondary N) is 1. The third-order valence-corrected chi connectivity index (χ3v) is 5.47.